The fraction of sp³-hybridized carbons (Fsp3) is 0.148. The molecule has 0 amide bonds. The highest BCUT2D eigenvalue weighted by molar-refractivity contribution is 5.88. The van der Waals surface area contributed by atoms with E-state index in [2.05, 4.69) is 34.9 Å². The highest BCUT2D eigenvalue weighted by atomic mass is 16.5. The molecule has 4 nitrogen and oxygen atoms in total. The third-order valence-electron chi connectivity index (χ3n) is 5.51. The zero-order valence-corrected chi connectivity index (χ0v) is 17.2. The molecule has 0 spiro atoms. The Kier molecular flexibility index (Phi) is 5.38. The molecule has 1 aromatic heterocycles. The molecule has 0 saturated heterocycles. The van der Waals surface area contributed by atoms with Crippen molar-refractivity contribution in [2.75, 3.05) is 6.61 Å². The number of benzene rings is 4. The molecule has 154 valence electrons. The van der Waals surface area contributed by atoms with E-state index < -0.39 is 6.10 Å². The van der Waals surface area contributed by atoms with Crippen LogP contribution in [-0.2, 0) is 13.0 Å². The summed E-state index contributed by atoms with van der Waals surface area (Å²) in [6.07, 6.45) is 0.0537. The highest BCUT2D eigenvalue weighted by Crippen LogP contribution is 2.25. The number of imidazole rings is 1. The minimum atomic E-state index is -0.661. The Labute approximate surface area is 181 Å². The average Bonchev–Trinajstić information content (AvgIpc) is 3.15. The van der Waals surface area contributed by atoms with Crippen LogP contribution in [0.15, 0.2) is 97.1 Å². The van der Waals surface area contributed by atoms with Gasteiger partial charge in [0.15, 0.2) is 0 Å². The zero-order valence-electron chi connectivity index (χ0n) is 17.2. The molecule has 0 radical (unpaired) electrons. The predicted octanol–water partition coefficient (Wildman–Crippen LogP) is 5.22. The number of hydrogen-bond donors (Lipinski definition) is 1. The molecule has 0 fully saturated rings. The number of rotatable bonds is 7. The van der Waals surface area contributed by atoms with E-state index in [0.717, 1.165) is 33.4 Å². The number of aromatic nitrogens is 2. The smallest absolute Gasteiger partial charge is 0.127 e. The standard InChI is InChI=1S/C27H24N2O2/c30-22(19-31-26-16-8-12-21-11-4-5-13-23(21)26)18-29-25-15-7-6-14-24(25)28-27(29)17-20-9-2-1-3-10-20/h1-16,22,30H,17-19H2. The van der Waals surface area contributed by atoms with Crippen LogP contribution in [0.2, 0.25) is 0 Å². The van der Waals surface area contributed by atoms with E-state index >= 15 is 0 Å². The number of nitrogens with zero attached hydrogens (tertiary/aromatic N) is 2. The van der Waals surface area contributed by atoms with Gasteiger partial charge in [-0.15, -0.1) is 0 Å². The van der Waals surface area contributed by atoms with Crippen molar-refractivity contribution in [3.05, 3.63) is 108 Å². The van der Waals surface area contributed by atoms with Gasteiger partial charge in [-0.3, -0.25) is 0 Å². The molecular formula is C27H24N2O2. The molecule has 4 heteroatoms. The highest BCUT2D eigenvalue weighted by Gasteiger charge is 2.15. The molecule has 1 atom stereocenters. The molecule has 0 aliphatic rings. The van der Waals surface area contributed by atoms with E-state index in [9.17, 15) is 5.11 Å². The molecule has 4 aromatic carbocycles. The Morgan fingerprint density at radius 2 is 1.55 bits per heavy atom. The summed E-state index contributed by atoms with van der Waals surface area (Å²) >= 11 is 0. The van der Waals surface area contributed by atoms with Gasteiger partial charge in [0.25, 0.3) is 0 Å². The third-order valence-corrected chi connectivity index (χ3v) is 5.51. The zero-order chi connectivity index (χ0) is 21.0. The SMILES string of the molecule is OC(COc1cccc2ccccc12)Cn1c(Cc2ccccc2)nc2ccccc21. The molecule has 1 N–H and O–H groups in total. The Hall–Kier alpha value is -3.63. The van der Waals surface area contributed by atoms with Crippen molar-refractivity contribution < 1.29 is 9.84 Å². The van der Waals surface area contributed by atoms with E-state index in [0.29, 0.717) is 13.0 Å². The molecule has 5 rings (SSSR count). The van der Waals surface area contributed by atoms with Crippen molar-refractivity contribution in [2.45, 2.75) is 19.1 Å². The summed E-state index contributed by atoms with van der Waals surface area (Å²) in [4.78, 5) is 4.83. The van der Waals surface area contributed by atoms with Crippen LogP contribution < -0.4 is 4.74 Å². The van der Waals surface area contributed by atoms with Gasteiger partial charge < -0.3 is 14.4 Å². The second kappa shape index (κ2) is 8.62. The third kappa shape index (κ3) is 4.16. The number of hydrogen-bond acceptors (Lipinski definition) is 3. The lowest BCUT2D eigenvalue weighted by molar-refractivity contribution is 0.0935. The van der Waals surface area contributed by atoms with Gasteiger partial charge in [0.05, 0.1) is 17.6 Å². The van der Waals surface area contributed by atoms with Gasteiger partial charge in [0.2, 0.25) is 0 Å². The number of ether oxygens (including phenoxy) is 1. The summed E-state index contributed by atoms with van der Waals surface area (Å²) in [5.41, 5.74) is 3.16. The van der Waals surface area contributed by atoms with Crippen molar-refractivity contribution in [3.8, 4) is 5.75 Å². The van der Waals surface area contributed by atoms with Crippen molar-refractivity contribution in [1.29, 1.82) is 0 Å². The van der Waals surface area contributed by atoms with Gasteiger partial charge in [-0.05, 0) is 29.1 Å². The number of aliphatic hydroxyl groups is 1. The summed E-state index contributed by atoms with van der Waals surface area (Å²) in [6.45, 7) is 0.638. The largest absolute Gasteiger partial charge is 0.490 e. The maximum Gasteiger partial charge on any atom is 0.127 e. The molecular weight excluding hydrogens is 384 g/mol. The van der Waals surface area contributed by atoms with Crippen LogP contribution in [0.3, 0.4) is 0 Å². The first kappa shape index (κ1) is 19.3. The summed E-state index contributed by atoms with van der Waals surface area (Å²) in [5.74, 6) is 1.73. The van der Waals surface area contributed by atoms with Crippen LogP contribution in [0.1, 0.15) is 11.4 Å². The van der Waals surface area contributed by atoms with Crippen LogP contribution in [0.4, 0.5) is 0 Å². The molecule has 0 aliphatic carbocycles. The van der Waals surface area contributed by atoms with Gasteiger partial charge in [-0.2, -0.15) is 0 Å². The molecule has 1 unspecified atom stereocenters. The van der Waals surface area contributed by atoms with Gasteiger partial charge >= 0.3 is 0 Å². The van der Waals surface area contributed by atoms with Gasteiger partial charge in [-0.25, -0.2) is 4.98 Å². The first-order chi connectivity index (χ1) is 15.3. The van der Waals surface area contributed by atoms with E-state index in [1.807, 2.05) is 66.7 Å². The molecule has 0 aliphatic heterocycles. The van der Waals surface area contributed by atoms with Crippen LogP contribution in [0.25, 0.3) is 21.8 Å². The fourth-order valence-electron chi connectivity index (χ4n) is 4.01. The van der Waals surface area contributed by atoms with E-state index in [4.69, 9.17) is 9.72 Å². The summed E-state index contributed by atoms with van der Waals surface area (Å²) in [7, 11) is 0. The van der Waals surface area contributed by atoms with Crippen LogP contribution in [0, 0.1) is 0 Å². The number of fused-ring (bicyclic) bond motifs is 2. The fourth-order valence-corrected chi connectivity index (χ4v) is 4.01. The lowest BCUT2D eigenvalue weighted by atomic mass is 10.1. The summed E-state index contributed by atoms with van der Waals surface area (Å²) < 4.78 is 8.13. The minimum absolute atomic E-state index is 0.214. The number of aliphatic hydroxyl groups excluding tert-OH is 1. The number of para-hydroxylation sites is 2. The van der Waals surface area contributed by atoms with Crippen LogP contribution in [-0.4, -0.2) is 27.4 Å². The maximum absolute atomic E-state index is 10.8. The monoisotopic (exact) mass is 408 g/mol. The van der Waals surface area contributed by atoms with Crippen LogP contribution in [0.5, 0.6) is 5.75 Å². The Bertz CT molecular complexity index is 1310. The average molecular weight is 409 g/mol. The topological polar surface area (TPSA) is 47.3 Å². The van der Waals surface area contributed by atoms with Crippen LogP contribution >= 0.6 is 0 Å². The summed E-state index contributed by atoms with van der Waals surface area (Å²) in [6, 6.07) is 32.5. The Morgan fingerprint density at radius 3 is 2.45 bits per heavy atom. The van der Waals surface area contributed by atoms with Gasteiger partial charge in [-0.1, -0.05) is 78.9 Å². The lowest BCUT2D eigenvalue weighted by Crippen LogP contribution is -2.24. The van der Waals surface area contributed by atoms with E-state index in [1.165, 1.54) is 5.56 Å². The summed E-state index contributed by atoms with van der Waals surface area (Å²) in [5, 5.41) is 13.0. The Balaban J connectivity index is 1.37. The quantitative estimate of drug-likeness (QED) is 0.402. The van der Waals surface area contributed by atoms with E-state index in [-0.39, 0.29) is 6.61 Å². The first-order valence-corrected chi connectivity index (χ1v) is 10.5. The lowest BCUT2D eigenvalue weighted by Gasteiger charge is -2.16. The van der Waals surface area contributed by atoms with Crippen molar-refractivity contribution >= 4 is 21.8 Å². The minimum Gasteiger partial charge on any atom is -0.490 e. The first-order valence-electron chi connectivity index (χ1n) is 10.5. The second-order valence-electron chi connectivity index (χ2n) is 7.73. The van der Waals surface area contributed by atoms with Crippen molar-refractivity contribution in [2.24, 2.45) is 0 Å². The maximum atomic E-state index is 10.8. The second-order valence-corrected chi connectivity index (χ2v) is 7.73. The van der Waals surface area contributed by atoms with Crippen molar-refractivity contribution in [1.82, 2.24) is 9.55 Å². The molecule has 1 heterocycles. The van der Waals surface area contributed by atoms with Gasteiger partial charge in [0, 0.05) is 11.8 Å². The van der Waals surface area contributed by atoms with Crippen molar-refractivity contribution in [3.63, 3.8) is 0 Å². The van der Waals surface area contributed by atoms with Gasteiger partial charge in [0.1, 0.15) is 24.3 Å². The van der Waals surface area contributed by atoms with E-state index in [1.54, 1.807) is 0 Å². The molecule has 0 saturated carbocycles. The molecule has 31 heavy (non-hydrogen) atoms. The molecule has 0 bridgehead atoms. The Morgan fingerprint density at radius 1 is 0.806 bits per heavy atom. The molecule has 5 aromatic rings. The normalized spacial score (nSPS) is 12.3. The predicted molar refractivity (Wildman–Crippen MR) is 124 cm³/mol.